The van der Waals surface area contributed by atoms with Crippen molar-refractivity contribution in [2.75, 3.05) is 36.9 Å². The number of aromatic nitrogens is 3. The van der Waals surface area contributed by atoms with Gasteiger partial charge in [0, 0.05) is 31.5 Å². The molecule has 1 aliphatic rings. The summed E-state index contributed by atoms with van der Waals surface area (Å²) in [5.41, 5.74) is 4.01. The Kier molecular flexibility index (Phi) is 4.50. The summed E-state index contributed by atoms with van der Waals surface area (Å²) in [5, 5.41) is 7.76. The largest absolute Gasteiger partial charge is 0.360 e. The molecule has 1 N–H and O–H groups in total. The minimum atomic E-state index is 0.139. The maximum atomic E-state index is 12.0. The van der Waals surface area contributed by atoms with Crippen molar-refractivity contribution >= 4 is 23.2 Å². The minimum Gasteiger partial charge on any atom is -0.360 e. The molecule has 3 aromatic rings. The number of carbonyl (C=O) groups is 1. The number of piperazine rings is 1. The Balaban J connectivity index is 1.54. The number of nitrogens with zero attached hydrogens (tertiary/aromatic N) is 5. The lowest BCUT2D eigenvalue weighted by molar-refractivity contribution is -0.129. The van der Waals surface area contributed by atoms with E-state index in [1.165, 1.54) is 0 Å². The fraction of sp³-hybridized carbons (Fsp3) is 0.250. The Morgan fingerprint density at radius 2 is 1.85 bits per heavy atom. The average Bonchev–Trinajstić information content (AvgIpc) is 3.13. The van der Waals surface area contributed by atoms with Gasteiger partial charge in [0.2, 0.25) is 11.9 Å². The van der Waals surface area contributed by atoms with Gasteiger partial charge in [0.1, 0.15) is 6.33 Å². The van der Waals surface area contributed by atoms with Crippen LogP contribution < -0.4 is 10.2 Å². The van der Waals surface area contributed by atoms with Crippen molar-refractivity contribution in [3.05, 3.63) is 60.4 Å². The first kappa shape index (κ1) is 17.1. The molecule has 1 amide bonds. The summed E-state index contributed by atoms with van der Waals surface area (Å²) in [6.07, 6.45) is 1.69. The summed E-state index contributed by atoms with van der Waals surface area (Å²) < 4.78 is 1.73. The average molecular weight is 362 g/mol. The fourth-order valence-electron chi connectivity index (χ4n) is 3.15. The van der Waals surface area contributed by atoms with Gasteiger partial charge in [-0.3, -0.25) is 4.79 Å². The van der Waals surface area contributed by atoms with Crippen molar-refractivity contribution in [3.63, 3.8) is 0 Å². The van der Waals surface area contributed by atoms with Crippen LogP contribution >= 0.6 is 0 Å². The van der Waals surface area contributed by atoms with Crippen molar-refractivity contribution < 1.29 is 4.79 Å². The van der Waals surface area contributed by atoms with E-state index in [9.17, 15) is 4.79 Å². The van der Waals surface area contributed by atoms with Crippen LogP contribution in [0, 0.1) is 6.92 Å². The lowest BCUT2D eigenvalue weighted by atomic mass is 10.1. The number of aryl methyl sites for hydroxylation is 1. The van der Waals surface area contributed by atoms with Crippen molar-refractivity contribution in [2.45, 2.75) is 6.92 Å². The Labute approximate surface area is 158 Å². The second kappa shape index (κ2) is 7.11. The molecule has 4 rings (SSSR count). The van der Waals surface area contributed by atoms with Crippen LogP contribution in [0.2, 0.25) is 0 Å². The summed E-state index contributed by atoms with van der Waals surface area (Å²) in [6.45, 7) is 4.01. The monoisotopic (exact) mass is 362 g/mol. The molecular formula is C20H22N6O. The van der Waals surface area contributed by atoms with Crippen molar-refractivity contribution in [3.8, 4) is 5.69 Å². The van der Waals surface area contributed by atoms with E-state index >= 15 is 0 Å². The first-order chi connectivity index (χ1) is 13.1. The SMILES string of the molecule is Cc1cc(Nc2ncn(-c3ccccc3)n2)cc(N2CCN(C)C(=O)C2)c1. The molecule has 2 aromatic carbocycles. The summed E-state index contributed by atoms with van der Waals surface area (Å²) in [4.78, 5) is 20.2. The summed E-state index contributed by atoms with van der Waals surface area (Å²) >= 11 is 0. The molecule has 2 heterocycles. The van der Waals surface area contributed by atoms with Gasteiger partial charge in [-0.1, -0.05) is 18.2 Å². The van der Waals surface area contributed by atoms with Crippen LogP contribution in [0.5, 0.6) is 0 Å². The van der Waals surface area contributed by atoms with E-state index in [2.05, 4.69) is 26.4 Å². The van der Waals surface area contributed by atoms with Crippen LogP contribution in [0.3, 0.4) is 0 Å². The van der Waals surface area contributed by atoms with Crippen molar-refractivity contribution in [1.29, 1.82) is 0 Å². The first-order valence-electron chi connectivity index (χ1n) is 8.93. The van der Waals surface area contributed by atoms with Gasteiger partial charge in [-0.15, -0.1) is 5.10 Å². The lowest BCUT2D eigenvalue weighted by Crippen LogP contribution is -2.48. The molecule has 0 radical (unpaired) electrons. The topological polar surface area (TPSA) is 66.3 Å². The number of para-hydroxylation sites is 1. The number of likely N-dealkylation sites (N-methyl/N-ethyl adjacent to an activating group) is 1. The highest BCUT2D eigenvalue weighted by molar-refractivity contribution is 5.83. The second-order valence-corrected chi connectivity index (χ2v) is 6.77. The van der Waals surface area contributed by atoms with Crippen LogP contribution in [0.15, 0.2) is 54.9 Å². The van der Waals surface area contributed by atoms with Gasteiger partial charge in [0.05, 0.1) is 12.2 Å². The standard InChI is InChI=1S/C20H22N6O/c1-15-10-16(12-18(11-15)25-9-8-24(2)19(27)13-25)22-20-21-14-26(23-20)17-6-4-3-5-7-17/h3-7,10-12,14H,8-9,13H2,1-2H3,(H,22,23). The number of benzene rings is 2. The Morgan fingerprint density at radius 3 is 2.63 bits per heavy atom. The zero-order valence-electron chi connectivity index (χ0n) is 15.5. The molecule has 7 nitrogen and oxygen atoms in total. The molecule has 0 unspecified atom stereocenters. The molecule has 0 saturated carbocycles. The maximum absolute atomic E-state index is 12.0. The van der Waals surface area contributed by atoms with Gasteiger partial charge in [-0.2, -0.15) is 4.98 Å². The van der Waals surface area contributed by atoms with E-state index in [0.29, 0.717) is 12.5 Å². The third-order valence-corrected chi connectivity index (χ3v) is 4.65. The van der Waals surface area contributed by atoms with Crippen LogP contribution in [0.1, 0.15) is 5.56 Å². The van der Waals surface area contributed by atoms with E-state index < -0.39 is 0 Å². The summed E-state index contributed by atoms with van der Waals surface area (Å²) in [7, 11) is 1.84. The number of amides is 1. The number of hydrogen-bond acceptors (Lipinski definition) is 5. The fourth-order valence-corrected chi connectivity index (χ4v) is 3.15. The normalized spacial score (nSPS) is 14.5. The van der Waals surface area contributed by atoms with Crippen LogP contribution in [-0.4, -0.2) is 52.3 Å². The van der Waals surface area contributed by atoms with E-state index in [-0.39, 0.29) is 5.91 Å². The molecule has 0 atom stereocenters. The van der Waals surface area contributed by atoms with Gasteiger partial charge in [0.15, 0.2) is 0 Å². The van der Waals surface area contributed by atoms with E-state index in [1.54, 1.807) is 15.9 Å². The van der Waals surface area contributed by atoms with E-state index in [0.717, 1.165) is 35.7 Å². The number of hydrogen-bond donors (Lipinski definition) is 1. The molecule has 0 aliphatic carbocycles. The Bertz CT molecular complexity index is 952. The highest BCUT2D eigenvalue weighted by atomic mass is 16.2. The third kappa shape index (κ3) is 3.76. The quantitative estimate of drug-likeness (QED) is 0.773. The maximum Gasteiger partial charge on any atom is 0.246 e. The van der Waals surface area contributed by atoms with Gasteiger partial charge >= 0.3 is 0 Å². The van der Waals surface area contributed by atoms with Gasteiger partial charge in [-0.05, 0) is 42.8 Å². The van der Waals surface area contributed by atoms with Gasteiger partial charge < -0.3 is 15.1 Å². The predicted octanol–water partition coefficient (Wildman–Crippen LogP) is 2.60. The first-order valence-corrected chi connectivity index (χ1v) is 8.93. The van der Waals surface area contributed by atoms with Crippen LogP contribution in [-0.2, 0) is 4.79 Å². The van der Waals surface area contributed by atoms with Crippen LogP contribution in [0.4, 0.5) is 17.3 Å². The second-order valence-electron chi connectivity index (χ2n) is 6.77. The number of carbonyl (C=O) groups excluding carboxylic acids is 1. The number of nitrogens with one attached hydrogen (secondary N) is 1. The summed E-state index contributed by atoms with van der Waals surface area (Å²) in [5.74, 6) is 0.672. The number of rotatable bonds is 4. The molecule has 1 aromatic heterocycles. The highest BCUT2D eigenvalue weighted by Gasteiger charge is 2.21. The zero-order valence-corrected chi connectivity index (χ0v) is 15.5. The summed E-state index contributed by atoms with van der Waals surface area (Å²) in [6, 6.07) is 16.0. The van der Waals surface area contributed by atoms with Gasteiger partial charge in [0.25, 0.3) is 0 Å². The highest BCUT2D eigenvalue weighted by Crippen LogP contribution is 2.25. The van der Waals surface area contributed by atoms with Crippen LogP contribution in [0.25, 0.3) is 5.69 Å². The molecule has 27 heavy (non-hydrogen) atoms. The molecule has 138 valence electrons. The molecule has 1 fully saturated rings. The molecule has 7 heteroatoms. The van der Waals surface area contributed by atoms with E-state index in [1.807, 2.05) is 56.4 Å². The minimum absolute atomic E-state index is 0.139. The molecule has 1 saturated heterocycles. The predicted molar refractivity (Wildman–Crippen MR) is 106 cm³/mol. The van der Waals surface area contributed by atoms with E-state index in [4.69, 9.17) is 0 Å². The van der Waals surface area contributed by atoms with Crippen molar-refractivity contribution in [2.24, 2.45) is 0 Å². The lowest BCUT2D eigenvalue weighted by Gasteiger charge is -2.33. The molecule has 1 aliphatic heterocycles. The zero-order chi connectivity index (χ0) is 18.8. The smallest absolute Gasteiger partial charge is 0.246 e. The molecule has 0 bridgehead atoms. The Morgan fingerprint density at radius 1 is 1.04 bits per heavy atom. The molecular weight excluding hydrogens is 340 g/mol. The number of anilines is 3. The van der Waals surface area contributed by atoms with Crippen molar-refractivity contribution in [1.82, 2.24) is 19.7 Å². The van der Waals surface area contributed by atoms with Gasteiger partial charge in [-0.25, -0.2) is 4.68 Å². The molecule has 0 spiro atoms. The third-order valence-electron chi connectivity index (χ3n) is 4.65. The Hall–Kier alpha value is -3.35.